The molecule has 0 saturated heterocycles. The maximum Gasteiger partial charge on any atom is 0.333 e. The Morgan fingerprint density at radius 2 is 1.96 bits per heavy atom. The van der Waals surface area contributed by atoms with Crippen LogP contribution in [0.1, 0.15) is 47.0 Å². The molecular weight excluding hydrogens is 328 g/mol. The lowest BCUT2D eigenvalue weighted by molar-refractivity contribution is -0.139. The van der Waals surface area contributed by atoms with E-state index in [1.807, 2.05) is 13.8 Å². The van der Waals surface area contributed by atoms with Gasteiger partial charge < -0.3 is 25.6 Å². The fourth-order valence-electron chi connectivity index (χ4n) is 2.62. The van der Waals surface area contributed by atoms with Crippen LogP contribution in [0.5, 0.6) is 0 Å². The summed E-state index contributed by atoms with van der Waals surface area (Å²) in [6.45, 7) is 7.37. The molecule has 8 nitrogen and oxygen atoms in total. The smallest absolute Gasteiger partial charge is 0.333 e. The van der Waals surface area contributed by atoms with E-state index in [0.717, 1.165) is 12.8 Å². The average Bonchev–Trinajstić information content (AvgIpc) is 2.55. The Morgan fingerprint density at radius 1 is 1.40 bits per heavy atom. The van der Waals surface area contributed by atoms with Gasteiger partial charge >= 0.3 is 5.97 Å². The van der Waals surface area contributed by atoms with E-state index in [0.29, 0.717) is 18.6 Å². The van der Waals surface area contributed by atoms with Crippen molar-refractivity contribution >= 4 is 18.3 Å². The van der Waals surface area contributed by atoms with Gasteiger partial charge in [0.05, 0.1) is 24.9 Å². The summed E-state index contributed by atoms with van der Waals surface area (Å²) in [5.41, 5.74) is 6.68. The van der Waals surface area contributed by atoms with Gasteiger partial charge in [-0.25, -0.2) is 4.79 Å². The van der Waals surface area contributed by atoms with Gasteiger partial charge in [0.1, 0.15) is 0 Å². The molecule has 1 amide bonds. The van der Waals surface area contributed by atoms with Crippen LogP contribution in [-0.2, 0) is 23.9 Å². The van der Waals surface area contributed by atoms with Crippen LogP contribution in [0.15, 0.2) is 11.6 Å². The number of carboxylic acid groups (broad SMARTS) is 1. The van der Waals surface area contributed by atoms with Crippen molar-refractivity contribution in [3.63, 3.8) is 0 Å². The van der Waals surface area contributed by atoms with Crippen LogP contribution in [0.2, 0.25) is 0 Å². The van der Waals surface area contributed by atoms with E-state index in [9.17, 15) is 9.59 Å². The topological polar surface area (TPSA) is 128 Å². The van der Waals surface area contributed by atoms with Gasteiger partial charge in [-0.2, -0.15) is 0 Å². The van der Waals surface area contributed by atoms with Gasteiger partial charge in [-0.1, -0.05) is 13.8 Å². The highest BCUT2D eigenvalue weighted by Gasteiger charge is 2.35. The van der Waals surface area contributed by atoms with Gasteiger partial charge in [-0.3, -0.25) is 9.59 Å². The molecular formula is C17H30N2O6. The zero-order chi connectivity index (χ0) is 19.4. The van der Waals surface area contributed by atoms with Crippen molar-refractivity contribution in [3.05, 3.63) is 11.6 Å². The highest BCUT2D eigenvalue weighted by Crippen LogP contribution is 2.24. The number of ether oxygens (including phenoxy) is 2. The second-order valence-electron chi connectivity index (χ2n) is 5.65. The second kappa shape index (κ2) is 12.4. The van der Waals surface area contributed by atoms with Crippen molar-refractivity contribution in [1.29, 1.82) is 0 Å². The van der Waals surface area contributed by atoms with E-state index in [-0.39, 0.29) is 36.5 Å². The molecule has 8 heteroatoms. The first-order valence-corrected chi connectivity index (χ1v) is 8.48. The third-order valence-electron chi connectivity index (χ3n) is 3.80. The summed E-state index contributed by atoms with van der Waals surface area (Å²) in [6, 6.07) is -0.719. The normalized spacial score (nSPS) is 22.3. The summed E-state index contributed by atoms with van der Waals surface area (Å²) in [4.78, 5) is 31.7. The van der Waals surface area contributed by atoms with Crippen LogP contribution in [-0.4, -0.2) is 54.4 Å². The summed E-state index contributed by atoms with van der Waals surface area (Å²) < 4.78 is 11.1. The monoisotopic (exact) mass is 358 g/mol. The fraction of sp³-hybridized carbons (Fsp3) is 0.706. The number of nitrogens with one attached hydrogen (secondary N) is 1. The Morgan fingerprint density at radius 3 is 2.40 bits per heavy atom. The van der Waals surface area contributed by atoms with Gasteiger partial charge in [0.15, 0.2) is 0 Å². The minimum absolute atomic E-state index is 0.0613. The first kappa shape index (κ1) is 23.1. The predicted octanol–water partition coefficient (Wildman–Crippen LogP) is 0.986. The van der Waals surface area contributed by atoms with Crippen LogP contribution in [0.3, 0.4) is 0 Å². The molecule has 0 aromatic heterocycles. The Kier molecular flexibility index (Phi) is 11.5. The van der Waals surface area contributed by atoms with Crippen molar-refractivity contribution in [2.75, 3.05) is 6.61 Å². The van der Waals surface area contributed by atoms with Crippen molar-refractivity contribution in [3.8, 4) is 0 Å². The van der Waals surface area contributed by atoms with Gasteiger partial charge in [0.25, 0.3) is 6.47 Å². The largest absolute Gasteiger partial charge is 0.483 e. The second-order valence-corrected chi connectivity index (χ2v) is 5.65. The maximum absolute atomic E-state index is 12.0. The predicted molar refractivity (Wildman–Crippen MR) is 92.8 cm³/mol. The molecule has 0 fully saturated rings. The average molecular weight is 358 g/mol. The first-order chi connectivity index (χ1) is 11.8. The van der Waals surface area contributed by atoms with E-state index in [2.05, 4.69) is 5.32 Å². The minimum atomic E-state index is -0.419. The van der Waals surface area contributed by atoms with E-state index in [1.165, 1.54) is 6.92 Å². The number of hydrogen-bond donors (Lipinski definition) is 3. The molecule has 0 radical (unpaired) electrons. The Labute approximate surface area is 148 Å². The summed E-state index contributed by atoms with van der Waals surface area (Å²) in [7, 11) is 0. The Bertz CT molecular complexity index is 462. The van der Waals surface area contributed by atoms with Crippen LogP contribution in [0, 0.1) is 0 Å². The van der Waals surface area contributed by atoms with Gasteiger partial charge in [0, 0.05) is 18.5 Å². The Balaban J connectivity index is 0.00000178. The van der Waals surface area contributed by atoms with Gasteiger partial charge in [0.2, 0.25) is 5.91 Å². The molecule has 0 spiro atoms. The van der Waals surface area contributed by atoms with E-state index in [1.54, 1.807) is 13.0 Å². The molecule has 0 heterocycles. The number of carbonyl (C=O) groups is 3. The molecule has 0 aromatic carbocycles. The van der Waals surface area contributed by atoms with Gasteiger partial charge in [-0.15, -0.1) is 0 Å². The van der Waals surface area contributed by atoms with Crippen molar-refractivity contribution in [1.82, 2.24) is 5.32 Å². The maximum atomic E-state index is 12.0. The summed E-state index contributed by atoms with van der Waals surface area (Å²) in [6.07, 6.45) is 3.48. The van der Waals surface area contributed by atoms with E-state index < -0.39 is 6.10 Å². The molecule has 144 valence electrons. The third kappa shape index (κ3) is 8.13. The molecule has 0 bridgehead atoms. The highest BCUT2D eigenvalue weighted by molar-refractivity contribution is 5.89. The highest BCUT2D eigenvalue weighted by atomic mass is 16.5. The molecule has 25 heavy (non-hydrogen) atoms. The lowest BCUT2D eigenvalue weighted by Gasteiger charge is -2.36. The molecule has 0 unspecified atom stereocenters. The number of rotatable bonds is 7. The molecule has 1 aliphatic rings. The summed E-state index contributed by atoms with van der Waals surface area (Å²) in [5, 5.41) is 9.73. The van der Waals surface area contributed by atoms with Crippen molar-refractivity contribution in [2.24, 2.45) is 5.73 Å². The molecule has 0 aliphatic heterocycles. The molecule has 1 rings (SSSR count). The van der Waals surface area contributed by atoms with Crippen LogP contribution in [0.25, 0.3) is 0 Å². The molecule has 0 saturated carbocycles. The number of carbonyl (C=O) groups excluding carboxylic acids is 2. The molecule has 3 atom stereocenters. The summed E-state index contributed by atoms with van der Waals surface area (Å²) in [5.74, 6) is -0.524. The minimum Gasteiger partial charge on any atom is -0.483 e. The number of esters is 1. The molecule has 1 aliphatic carbocycles. The summed E-state index contributed by atoms with van der Waals surface area (Å²) >= 11 is 0. The molecule has 4 N–H and O–H groups in total. The van der Waals surface area contributed by atoms with Crippen molar-refractivity contribution < 1.29 is 29.0 Å². The fourth-order valence-corrected chi connectivity index (χ4v) is 2.62. The Hall–Kier alpha value is -1.93. The number of hydrogen-bond acceptors (Lipinski definition) is 6. The third-order valence-corrected chi connectivity index (χ3v) is 3.80. The molecule has 0 aromatic rings. The number of amides is 1. The van der Waals surface area contributed by atoms with Crippen molar-refractivity contribution in [2.45, 2.75) is 71.2 Å². The van der Waals surface area contributed by atoms with Gasteiger partial charge in [-0.05, 0) is 32.3 Å². The SMILES string of the molecule is CCOC(=O)C1=C[C@@H](OC(CC)CC)[C@H](NC(C)=O)[C@@H](N)C1.O=CO. The van der Waals surface area contributed by atoms with E-state index in [4.69, 9.17) is 25.1 Å². The quantitative estimate of drug-likeness (QED) is 0.457. The van der Waals surface area contributed by atoms with Crippen LogP contribution >= 0.6 is 0 Å². The first-order valence-electron chi connectivity index (χ1n) is 8.48. The lowest BCUT2D eigenvalue weighted by Crippen LogP contribution is -2.57. The van der Waals surface area contributed by atoms with E-state index >= 15 is 0 Å². The standard InChI is InChI=1S/C16H28N2O4.CH2O2/c1-5-12(6-2)22-14-9-11(16(20)21-7-3)8-13(17)15(14)18-10(4)19;2-1-3/h9,12-15H,5-8,17H2,1-4H3,(H,18,19);1H,(H,2,3)/t13-,14+,15+;/m0./s1. The van der Waals surface area contributed by atoms with Crippen LogP contribution < -0.4 is 11.1 Å². The lowest BCUT2D eigenvalue weighted by atomic mass is 9.88. The zero-order valence-corrected chi connectivity index (χ0v) is 15.4. The zero-order valence-electron chi connectivity index (χ0n) is 15.4. The van der Waals surface area contributed by atoms with Crippen LogP contribution in [0.4, 0.5) is 0 Å². The number of nitrogens with two attached hydrogens (primary N) is 1.